The van der Waals surface area contributed by atoms with E-state index in [1.165, 1.54) is 37.3 Å². The first-order chi connectivity index (χ1) is 9.88. The van der Waals surface area contributed by atoms with Crippen LogP contribution in [0.4, 0.5) is 11.4 Å². The monoisotopic (exact) mass is 310 g/mol. The third kappa shape index (κ3) is 3.33. The number of hydrogen-bond donors (Lipinski definition) is 1. The summed E-state index contributed by atoms with van der Waals surface area (Å²) in [5, 5.41) is 31.1. The topological polar surface area (TPSA) is 116 Å². The van der Waals surface area contributed by atoms with E-state index in [-0.39, 0.29) is 22.2 Å². The highest BCUT2D eigenvalue weighted by atomic mass is 32.1. The Hall–Kier alpha value is -2.52. The first kappa shape index (κ1) is 14.9. The molecule has 0 spiro atoms. The zero-order valence-corrected chi connectivity index (χ0v) is 11.6. The summed E-state index contributed by atoms with van der Waals surface area (Å²) in [6.45, 7) is 1.48. The Bertz CT molecular complexity index is 697. The molecule has 1 heterocycles. The lowest BCUT2D eigenvalue weighted by atomic mass is 10.3. The minimum Gasteiger partial charge on any atom is -0.440 e. The molecule has 21 heavy (non-hydrogen) atoms. The lowest BCUT2D eigenvalue weighted by Gasteiger charge is -2.02. The SMILES string of the molecule is C[C@@H](O)c1cc([N+](=O)[O-])c(Oc2cccc([N+](=O)[O-])c2)s1. The number of nitro groups is 2. The summed E-state index contributed by atoms with van der Waals surface area (Å²) in [4.78, 5) is 20.8. The Balaban J connectivity index is 2.36. The number of benzene rings is 1. The summed E-state index contributed by atoms with van der Waals surface area (Å²) in [5.74, 6) is 0.117. The van der Waals surface area contributed by atoms with Crippen molar-refractivity contribution in [2.45, 2.75) is 13.0 Å². The minimum absolute atomic E-state index is 0.0311. The van der Waals surface area contributed by atoms with E-state index in [1.54, 1.807) is 0 Å². The van der Waals surface area contributed by atoms with E-state index in [4.69, 9.17) is 4.74 Å². The van der Waals surface area contributed by atoms with Gasteiger partial charge in [0.05, 0.1) is 22.0 Å². The van der Waals surface area contributed by atoms with Crippen molar-refractivity contribution in [2.24, 2.45) is 0 Å². The number of nitrogens with zero attached hydrogens (tertiary/aromatic N) is 2. The average Bonchev–Trinajstić information content (AvgIpc) is 2.83. The number of non-ortho nitro benzene ring substituents is 1. The molecule has 0 aliphatic heterocycles. The van der Waals surface area contributed by atoms with Crippen LogP contribution in [0.3, 0.4) is 0 Å². The van der Waals surface area contributed by atoms with Crippen LogP contribution in [0, 0.1) is 20.2 Å². The summed E-state index contributed by atoms with van der Waals surface area (Å²) in [7, 11) is 0. The van der Waals surface area contributed by atoms with Gasteiger partial charge in [0.1, 0.15) is 5.75 Å². The highest BCUT2D eigenvalue weighted by Gasteiger charge is 2.23. The number of rotatable bonds is 5. The second-order valence-corrected chi connectivity index (χ2v) is 5.16. The summed E-state index contributed by atoms with van der Waals surface area (Å²) in [5.41, 5.74) is -0.468. The number of thiophene rings is 1. The molecule has 8 nitrogen and oxygen atoms in total. The van der Waals surface area contributed by atoms with E-state index < -0.39 is 16.0 Å². The Morgan fingerprint density at radius 1 is 1.24 bits per heavy atom. The average molecular weight is 310 g/mol. The fraction of sp³-hybridized carbons (Fsp3) is 0.167. The Morgan fingerprint density at radius 2 is 1.95 bits per heavy atom. The van der Waals surface area contributed by atoms with Crippen molar-refractivity contribution >= 4 is 22.7 Å². The fourth-order valence-corrected chi connectivity index (χ4v) is 2.49. The maximum atomic E-state index is 11.0. The van der Waals surface area contributed by atoms with Crippen LogP contribution in [0.2, 0.25) is 0 Å². The molecule has 0 unspecified atom stereocenters. The van der Waals surface area contributed by atoms with Gasteiger partial charge in [0.2, 0.25) is 0 Å². The lowest BCUT2D eigenvalue weighted by Crippen LogP contribution is -1.91. The van der Waals surface area contributed by atoms with Gasteiger partial charge < -0.3 is 9.84 Å². The van der Waals surface area contributed by atoms with Gasteiger partial charge in [-0.2, -0.15) is 0 Å². The Morgan fingerprint density at radius 3 is 2.52 bits per heavy atom. The molecule has 0 saturated heterocycles. The molecule has 0 radical (unpaired) electrons. The highest BCUT2D eigenvalue weighted by Crippen LogP contribution is 2.42. The van der Waals surface area contributed by atoms with Crippen molar-refractivity contribution in [3.8, 4) is 10.8 Å². The van der Waals surface area contributed by atoms with Gasteiger partial charge in [-0.05, 0) is 13.0 Å². The molecule has 110 valence electrons. The van der Waals surface area contributed by atoms with E-state index in [1.807, 2.05) is 0 Å². The van der Waals surface area contributed by atoms with E-state index >= 15 is 0 Å². The quantitative estimate of drug-likeness (QED) is 0.668. The molecule has 0 fully saturated rings. The van der Waals surface area contributed by atoms with Crippen LogP contribution in [0.1, 0.15) is 17.9 Å². The molecular weight excluding hydrogens is 300 g/mol. The molecule has 1 aromatic carbocycles. The lowest BCUT2D eigenvalue weighted by molar-refractivity contribution is -0.385. The molecule has 0 amide bonds. The molecule has 0 bridgehead atoms. The van der Waals surface area contributed by atoms with E-state index in [2.05, 4.69) is 0 Å². The first-order valence-corrected chi connectivity index (χ1v) is 6.58. The number of nitro benzene ring substituents is 1. The van der Waals surface area contributed by atoms with Gasteiger partial charge in [0.25, 0.3) is 10.8 Å². The van der Waals surface area contributed by atoms with Crippen molar-refractivity contribution in [1.29, 1.82) is 0 Å². The second kappa shape index (κ2) is 5.85. The van der Waals surface area contributed by atoms with E-state index in [9.17, 15) is 25.3 Å². The maximum Gasteiger partial charge on any atom is 0.323 e. The smallest absolute Gasteiger partial charge is 0.323 e. The van der Waals surface area contributed by atoms with Gasteiger partial charge in [0, 0.05) is 17.0 Å². The first-order valence-electron chi connectivity index (χ1n) is 5.77. The molecular formula is C12H10N2O6S. The minimum atomic E-state index is -0.865. The molecule has 1 atom stereocenters. The number of ether oxygens (including phenoxy) is 1. The van der Waals surface area contributed by atoms with Crippen LogP contribution in [0.5, 0.6) is 10.8 Å². The van der Waals surface area contributed by atoms with Crippen LogP contribution in [-0.4, -0.2) is 15.0 Å². The van der Waals surface area contributed by atoms with Crippen LogP contribution in [0.15, 0.2) is 30.3 Å². The molecule has 0 saturated carbocycles. The summed E-state index contributed by atoms with van der Waals surface area (Å²) in [6, 6.07) is 6.56. The molecule has 9 heteroatoms. The van der Waals surface area contributed by atoms with Gasteiger partial charge in [0.15, 0.2) is 0 Å². The summed E-state index contributed by atoms with van der Waals surface area (Å²) < 4.78 is 5.35. The Kier molecular flexibility index (Phi) is 4.15. The predicted molar refractivity (Wildman–Crippen MR) is 74.8 cm³/mol. The van der Waals surface area contributed by atoms with Crippen molar-refractivity contribution in [1.82, 2.24) is 0 Å². The molecule has 1 N–H and O–H groups in total. The summed E-state index contributed by atoms with van der Waals surface area (Å²) in [6.07, 6.45) is -0.865. The Labute approximate surface area is 122 Å². The molecule has 0 aliphatic carbocycles. The number of hydrogen-bond acceptors (Lipinski definition) is 7. The standard InChI is InChI=1S/C12H10N2O6S/c1-7(15)11-6-10(14(18)19)12(21-11)20-9-4-2-3-8(5-9)13(16)17/h2-7,15H,1H3/t7-/m1/s1. The van der Waals surface area contributed by atoms with Crippen molar-refractivity contribution in [3.05, 3.63) is 55.4 Å². The highest BCUT2D eigenvalue weighted by molar-refractivity contribution is 7.14. The third-order valence-electron chi connectivity index (χ3n) is 2.55. The fourth-order valence-electron chi connectivity index (χ4n) is 1.56. The predicted octanol–water partition coefficient (Wildman–Crippen LogP) is 3.41. The van der Waals surface area contributed by atoms with Gasteiger partial charge >= 0.3 is 5.69 Å². The molecule has 2 aromatic rings. The zero-order chi connectivity index (χ0) is 15.6. The van der Waals surface area contributed by atoms with E-state index in [0.29, 0.717) is 4.88 Å². The number of aliphatic hydroxyl groups excluding tert-OH is 1. The van der Waals surface area contributed by atoms with Crippen LogP contribution in [0.25, 0.3) is 0 Å². The van der Waals surface area contributed by atoms with Crippen LogP contribution >= 0.6 is 11.3 Å². The van der Waals surface area contributed by atoms with Gasteiger partial charge in [-0.25, -0.2) is 0 Å². The zero-order valence-electron chi connectivity index (χ0n) is 10.8. The van der Waals surface area contributed by atoms with Gasteiger partial charge in [-0.15, -0.1) is 0 Å². The van der Waals surface area contributed by atoms with Crippen molar-refractivity contribution in [3.63, 3.8) is 0 Å². The molecule has 1 aromatic heterocycles. The second-order valence-electron chi connectivity index (χ2n) is 4.11. The van der Waals surface area contributed by atoms with Crippen molar-refractivity contribution < 1.29 is 19.7 Å². The number of aliphatic hydroxyl groups is 1. The van der Waals surface area contributed by atoms with Crippen LogP contribution < -0.4 is 4.74 Å². The maximum absolute atomic E-state index is 11.0. The van der Waals surface area contributed by atoms with Gasteiger partial charge in [-0.3, -0.25) is 20.2 Å². The molecule has 2 rings (SSSR count). The normalized spacial score (nSPS) is 11.9. The summed E-state index contributed by atoms with van der Waals surface area (Å²) >= 11 is 0.921. The largest absolute Gasteiger partial charge is 0.440 e. The molecule has 0 aliphatic rings. The van der Waals surface area contributed by atoms with Gasteiger partial charge in [-0.1, -0.05) is 17.4 Å². The van der Waals surface area contributed by atoms with E-state index in [0.717, 1.165) is 11.3 Å². The van der Waals surface area contributed by atoms with Crippen molar-refractivity contribution in [2.75, 3.05) is 0 Å². The van der Waals surface area contributed by atoms with Crippen LogP contribution in [-0.2, 0) is 0 Å². The third-order valence-corrected chi connectivity index (χ3v) is 3.72.